The van der Waals surface area contributed by atoms with Crippen LogP contribution in [0.15, 0.2) is 35.9 Å². The van der Waals surface area contributed by atoms with Crippen LogP contribution in [0, 0.1) is 10.1 Å². The van der Waals surface area contributed by atoms with E-state index in [0.29, 0.717) is 11.1 Å². The van der Waals surface area contributed by atoms with Crippen molar-refractivity contribution in [1.29, 1.82) is 0 Å². The fourth-order valence-electron chi connectivity index (χ4n) is 0.891. The largest absolute Gasteiger partial charge is 0.361 e. The molecule has 16 heavy (non-hydrogen) atoms. The second-order valence-corrected chi connectivity index (χ2v) is 3.95. The lowest BCUT2D eigenvalue weighted by Crippen LogP contribution is -1.91. The Kier molecular flexibility index (Phi) is 3.56. The van der Waals surface area contributed by atoms with Crippen LogP contribution in [-0.2, 0) is 10.2 Å². The molecule has 0 aliphatic carbocycles. The van der Waals surface area contributed by atoms with Crippen LogP contribution in [0.1, 0.15) is 0 Å². The molecule has 0 radical (unpaired) electrons. The summed E-state index contributed by atoms with van der Waals surface area (Å²) >= 11 is 0. The molecule has 0 spiro atoms. The van der Waals surface area contributed by atoms with Gasteiger partial charge in [0.2, 0.25) is 0 Å². The average Bonchev–Trinajstić information content (AvgIpc) is 2.16. The molecule has 6 nitrogen and oxygen atoms in total. The van der Waals surface area contributed by atoms with E-state index < -0.39 is 15.1 Å². The van der Waals surface area contributed by atoms with Crippen molar-refractivity contribution in [3.8, 4) is 0 Å². The fourth-order valence-corrected chi connectivity index (χ4v) is 1.12. The molecule has 1 aromatic rings. The highest BCUT2D eigenvalue weighted by Crippen LogP contribution is 2.15. The smallest absolute Gasteiger partial charge is 0.326 e. The topological polar surface area (TPSA) is 89.3 Å². The number of hydrogen-bond acceptors (Lipinski definition) is 5. The zero-order chi connectivity index (χ0) is 12.2. The maximum absolute atomic E-state index is 12.0. The van der Waals surface area contributed by atoms with Crippen LogP contribution < -0.4 is 5.32 Å². The molecule has 0 saturated carbocycles. The molecule has 0 aliphatic rings. The summed E-state index contributed by atoms with van der Waals surface area (Å²) in [7, 11) is -4.67. The molecule has 0 heterocycles. The summed E-state index contributed by atoms with van der Waals surface area (Å²) in [5, 5.41) is 13.1. The third-order valence-corrected chi connectivity index (χ3v) is 2.02. The molecule has 0 aromatic heterocycles. The van der Waals surface area contributed by atoms with Gasteiger partial charge >= 0.3 is 10.2 Å². The third-order valence-electron chi connectivity index (χ3n) is 1.56. The Balaban J connectivity index is 2.70. The van der Waals surface area contributed by atoms with Crippen LogP contribution in [0.3, 0.4) is 0 Å². The highest BCUT2D eigenvalue weighted by Gasteiger charge is 2.03. The number of benzene rings is 1. The SMILES string of the molecule is O=[N+]([O-])c1ccc(NC=CS(=O)(=O)F)cc1. The fraction of sp³-hybridized carbons (Fsp3) is 0. The number of rotatable bonds is 4. The Morgan fingerprint density at radius 2 is 1.88 bits per heavy atom. The molecule has 1 N–H and O–H groups in total. The van der Waals surface area contributed by atoms with Gasteiger partial charge in [-0.1, -0.05) is 0 Å². The van der Waals surface area contributed by atoms with E-state index in [0.717, 1.165) is 6.20 Å². The minimum Gasteiger partial charge on any atom is -0.361 e. The van der Waals surface area contributed by atoms with Crippen molar-refractivity contribution in [1.82, 2.24) is 0 Å². The zero-order valence-corrected chi connectivity index (χ0v) is 8.65. The van der Waals surface area contributed by atoms with E-state index in [1.54, 1.807) is 0 Å². The van der Waals surface area contributed by atoms with Crippen molar-refractivity contribution in [2.75, 3.05) is 5.32 Å². The molecule has 0 bridgehead atoms. The summed E-state index contributed by atoms with van der Waals surface area (Å²) in [6, 6.07) is 5.21. The van der Waals surface area contributed by atoms with E-state index in [1.165, 1.54) is 24.3 Å². The van der Waals surface area contributed by atoms with Gasteiger partial charge in [-0.25, -0.2) is 0 Å². The van der Waals surface area contributed by atoms with Gasteiger partial charge in [0.05, 0.1) is 10.3 Å². The van der Waals surface area contributed by atoms with Gasteiger partial charge in [0.25, 0.3) is 5.69 Å². The van der Waals surface area contributed by atoms with E-state index in [-0.39, 0.29) is 5.69 Å². The minimum atomic E-state index is -4.67. The van der Waals surface area contributed by atoms with Crippen molar-refractivity contribution < 1.29 is 17.2 Å². The number of hydrogen-bond donors (Lipinski definition) is 1. The first-order chi connectivity index (χ1) is 7.38. The molecule has 0 aliphatic heterocycles. The Labute approximate surface area is 90.8 Å². The molecule has 8 heteroatoms. The second-order valence-electron chi connectivity index (χ2n) is 2.73. The van der Waals surface area contributed by atoms with Gasteiger partial charge in [-0.2, -0.15) is 8.42 Å². The van der Waals surface area contributed by atoms with Gasteiger partial charge < -0.3 is 5.32 Å². The van der Waals surface area contributed by atoms with E-state index in [9.17, 15) is 22.4 Å². The van der Waals surface area contributed by atoms with E-state index in [4.69, 9.17) is 0 Å². The lowest BCUT2D eigenvalue weighted by Gasteiger charge is -1.98. The summed E-state index contributed by atoms with van der Waals surface area (Å²) in [5.41, 5.74) is 0.318. The molecular formula is C8H7FN2O4S. The number of nitro groups is 1. The molecule has 0 amide bonds. The lowest BCUT2D eigenvalue weighted by atomic mass is 10.3. The molecule has 1 rings (SSSR count). The van der Waals surface area contributed by atoms with Gasteiger partial charge in [-0.3, -0.25) is 10.1 Å². The first-order valence-electron chi connectivity index (χ1n) is 4.01. The normalized spacial score (nSPS) is 11.6. The van der Waals surface area contributed by atoms with Crippen LogP contribution in [0.25, 0.3) is 0 Å². The predicted molar refractivity (Wildman–Crippen MR) is 55.9 cm³/mol. The number of non-ortho nitro benzene ring substituents is 1. The van der Waals surface area contributed by atoms with Crippen LogP contribution in [-0.4, -0.2) is 13.3 Å². The van der Waals surface area contributed by atoms with E-state index >= 15 is 0 Å². The maximum atomic E-state index is 12.0. The standard InChI is InChI=1S/C8H7FN2O4S/c9-16(14,15)6-5-10-7-1-3-8(4-2-7)11(12)13/h1-6,10H. The summed E-state index contributed by atoms with van der Waals surface area (Å²) in [4.78, 5) is 9.74. The van der Waals surface area contributed by atoms with Crippen molar-refractivity contribution in [2.45, 2.75) is 0 Å². The van der Waals surface area contributed by atoms with Gasteiger partial charge in [0.15, 0.2) is 0 Å². The summed E-state index contributed by atoms with van der Waals surface area (Å²) in [5.74, 6) is 0. The van der Waals surface area contributed by atoms with Crippen molar-refractivity contribution in [2.24, 2.45) is 0 Å². The molecule has 1 aromatic carbocycles. The highest BCUT2D eigenvalue weighted by molar-refractivity contribution is 7.89. The Bertz CT molecular complexity index is 509. The first kappa shape index (κ1) is 12.1. The lowest BCUT2D eigenvalue weighted by molar-refractivity contribution is -0.384. The van der Waals surface area contributed by atoms with Crippen LogP contribution in [0.5, 0.6) is 0 Å². The van der Waals surface area contributed by atoms with Gasteiger partial charge in [-0.15, -0.1) is 3.89 Å². The molecule has 0 fully saturated rings. The molecule has 0 atom stereocenters. The summed E-state index contributed by atoms with van der Waals surface area (Å²) in [6.45, 7) is 0. The van der Waals surface area contributed by atoms with E-state index in [2.05, 4.69) is 5.32 Å². The van der Waals surface area contributed by atoms with Crippen molar-refractivity contribution >= 4 is 21.6 Å². The quantitative estimate of drug-likeness (QED) is 0.497. The van der Waals surface area contributed by atoms with Crippen molar-refractivity contribution in [3.63, 3.8) is 0 Å². The third kappa shape index (κ3) is 4.05. The van der Waals surface area contributed by atoms with Crippen LogP contribution >= 0.6 is 0 Å². The van der Waals surface area contributed by atoms with Crippen LogP contribution in [0.4, 0.5) is 15.3 Å². The Morgan fingerprint density at radius 1 is 1.31 bits per heavy atom. The maximum Gasteiger partial charge on any atom is 0.326 e. The summed E-state index contributed by atoms with van der Waals surface area (Å²) in [6.07, 6.45) is 0.885. The Hall–Kier alpha value is -1.96. The average molecular weight is 246 g/mol. The van der Waals surface area contributed by atoms with Gasteiger partial charge in [0, 0.05) is 24.0 Å². The first-order valence-corrected chi connectivity index (χ1v) is 5.45. The molecule has 0 unspecified atom stereocenters. The minimum absolute atomic E-state index is 0.0901. The monoisotopic (exact) mass is 246 g/mol. The second kappa shape index (κ2) is 4.71. The van der Waals surface area contributed by atoms with Crippen molar-refractivity contribution in [3.05, 3.63) is 46.0 Å². The van der Waals surface area contributed by atoms with Gasteiger partial charge in [0.1, 0.15) is 0 Å². The number of nitro benzene ring substituents is 1. The zero-order valence-electron chi connectivity index (χ0n) is 7.83. The molecular weight excluding hydrogens is 239 g/mol. The summed E-state index contributed by atoms with van der Waals surface area (Å²) < 4.78 is 32.2. The molecule has 0 saturated heterocycles. The number of anilines is 1. The highest BCUT2D eigenvalue weighted by atomic mass is 32.3. The molecule has 86 valence electrons. The number of nitrogens with one attached hydrogen (secondary N) is 1. The number of nitrogens with zero attached hydrogens (tertiary/aromatic N) is 1. The van der Waals surface area contributed by atoms with E-state index in [1.807, 2.05) is 0 Å². The van der Waals surface area contributed by atoms with Crippen LogP contribution in [0.2, 0.25) is 0 Å². The number of halogens is 1. The predicted octanol–water partition coefficient (Wildman–Crippen LogP) is 1.78. The Morgan fingerprint density at radius 3 is 2.31 bits per heavy atom. The van der Waals surface area contributed by atoms with Gasteiger partial charge in [-0.05, 0) is 12.1 Å².